The lowest BCUT2D eigenvalue weighted by atomic mass is 10.1. The molecule has 0 bridgehead atoms. The van der Waals surface area contributed by atoms with Crippen molar-refractivity contribution in [1.82, 2.24) is 9.38 Å². The molecule has 0 saturated carbocycles. The van der Waals surface area contributed by atoms with Crippen molar-refractivity contribution in [3.05, 3.63) is 84.2 Å². The van der Waals surface area contributed by atoms with E-state index in [-0.39, 0.29) is 5.91 Å². The number of carbonyl (C=O) groups is 1. The summed E-state index contributed by atoms with van der Waals surface area (Å²) < 4.78 is 7.16. The van der Waals surface area contributed by atoms with Crippen LogP contribution in [0.4, 0.5) is 5.69 Å². The number of aromatic nitrogens is 2. The van der Waals surface area contributed by atoms with Crippen LogP contribution < -0.4 is 10.1 Å². The number of rotatable bonds is 6. The molecule has 146 valence electrons. The van der Waals surface area contributed by atoms with E-state index in [1.54, 1.807) is 7.11 Å². The van der Waals surface area contributed by atoms with Crippen LogP contribution in [0.1, 0.15) is 17.5 Å². The maximum atomic E-state index is 12.4. The fraction of sp³-hybridized carbons (Fsp3) is 0.167. The quantitative estimate of drug-likeness (QED) is 0.514. The van der Waals surface area contributed by atoms with E-state index in [1.165, 1.54) is 5.56 Å². The number of carbonyl (C=O) groups excluding carboxylic acids is 1. The molecule has 0 aliphatic heterocycles. The molecule has 0 unspecified atom stereocenters. The molecule has 0 fully saturated rings. The van der Waals surface area contributed by atoms with Crippen LogP contribution in [0.2, 0.25) is 0 Å². The third-order valence-corrected chi connectivity index (χ3v) is 4.86. The first kappa shape index (κ1) is 18.7. The Hall–Kier alpha value is -3.60. The summed E-state index contributed by atoms with van der Waals surface area (Å²) >= 11 is 0. The van der Waals surface area contributed by atoms with Crippen molar-refractivity contribution in [1.29, 1.82) is 0 Å². The summed E-state index contributed by atoms with van der Waals surface area (Å²) in [7, 11) is 1.64. The van der Waals surface area contributed by atoms with Crippen molar-refractivity contribution < 1.29 is 9.53 Å². The van der Waals surface area contributed by atoms with Crippen LogP contribution in [-0.2, 0) is 11.2 Å². The number of fused-ring (bicyclic) bond motifs is 1. The van der Waals surface area contributed by atoms with E-state index in [2.05, 4.69) is 18.3 Å². The number of ether oxygens (including phenoxy) is 1. The zero-order valence-electron chi connectivity index (χ0n) is 16.6. The van der Waals surface area contributed by atoms with Crippen molar-refractivity contribution in [3.8, 4) is 17.0 Å². The largest absolute Gasteiger partial charge is 0.497 e. The normalized spacial score (nSPS) is 10.8. The minimum absolute atomic E-state index is 0.0106. The summed E-state index contributed by atoms with van der Waals surface area (Å²) in [6.45, 7) is 2.05. The number of nitrogens with one attached hydrogen (secondary N) is 1. The summed E-state index contributed by atoms with van der Waals surface area (Å²) in [6, 6.07) is 19.7. The van der Waals surface area contributed by atoms with E-state index >= 15 is 0 Å². The molecule has 0 atom stereocenters. The van der Waals surface area contributed by atoms with E-state index in [0.29, 0.717) is 12.8 Å². The topological polar surface area (TPSA) is 55.6 Å². The highest BCUT2D eigenvalue weighted by Crippen LogP contribution is 2.23. The first-order valence-electron chi connectivity index (χ1n) is 9.59. The molecule has 29 heavy (non-hydrogen) atoms. The smallest absolute Gasteiger partial charge is 0.224 e. The summed E-state index contributed by atoms with van der Waals surface area (Å²) in [5.41, 5.74) is 5.82. The van der Waals surface area contributed by atoms with Gasteiger partial charge >= 0.3 is 0 Å². The van der Waals surface area contributed by atoms with Crippen LogP contribution >= 0.6 is 0 Å². The fourth-order valence-electron chi connectivity index (χ4n) is 3.25. The molecule has 1 N–H and O–H groups in total. The first-order valence-corrected chi connectivity index (χ1v) is 9.59. The Morgan fingerprint density at radius 3 is 2.72 bits per heavy atom. The minimum Gasteiger partial charge on any atom is -0.497 e. The van der Waals surface area contributed by atoms with Gasteiger partial charge in [-0.05, 0) is 60.9 Å². The average molecular weight is 385 g/mol. The van der Waals surface area contributed by atoms with Gasteiger partial charge in [-0.15, -0.1) is 0 Å². The average Bonchev–Trinajstić information content (AvgIpc) is 3.16. The van der Waals surface area contributed by atoms with Gasteiger partial charge in [-0.3, -0.25) is 4.79 Å². The second-order valence-electron chi connectivity index (χ2n) is 7.07. The van der Waals surface area contributed by atoms with Crippen molar-refractivity contribution in [2.24, 2.45) is 0 Å². The Balaban J connectivity index is 1.43. The maximum Gasteiger partial charge on any atom is 0.224 e. The van der Waals surface area contributed by atoms with Crippen molar-refractivity contribution >= 4 is 17.2 Å². The molecule has 2 aromatic carbocycles. The standard InChI is InChI=1S/C24H23N3O2/c1-17-12-13-27-16-22(26-23(27)14-17)19-4-3-5-20(15-19)25-24(28)11-8-18-6-9-21(29-2)10-7-18/h3-7,9-10,12-16H,8,11H2,1-2H3,(H,25,28). The Morgan fingerprint density at radius 1 is 1.10 bits per heavy atom. The number of imidazole rings is 1. The Kier molecular flexibility index (Phi) is 5.29. The molecule has 5 nitrogen and oxygen atoms in total. The number of anilines is 1. The SMILES string of the molecule is COc1ccc(CCC(=O)Nc2cccc(-c3cn4ccc(C)cc4n3)c2)cc1. The van der Waals surface area contributed by atoms with E-state index < -0.39 is 0 Å². The van der Waals surface area contributed by atoms with Gasteiger partial charge in [0, 0.05) is 30.1 Å². The molecular weight excluding hydrogens is 362 g/mol. The summed E-state index contributed by atoms with van der Waals surface area (Å²) in [4.78, 5) is 17.1. The molecule has 0 aliphatic carbocycles. The lowest BCUT2D eigenvalue weighted by Gasteiger charge is -2.07. The second kappa shape index (κ2) is 8.19. The summed E-state index contributed by atoms with van der Waals surface area (Å²) in [5.74, 6) is 0.806. The zero-order valence-corrected chi connectivity index (χ0v) is 16.6. The maximum absolute atomic E-state index is 12.4. The third-order valence-electron chi connectivity index (χ3n) is 4.86. The summed E-state index contributed by atoms with van der Waals surface area (Å²) in [5, 5.41) is 2.99. The lowest BCUT2D eigenvalue weighted by Crippen LogP contribution is -2.12. The van der Waals surface area contributed by atoms with E-state index in [0.717, 1.165) is 33.9 Å². The molecule has 0 spiro atoms. The molecule has 5 heteroatoms. The molecule has 0 radical (unpaired) electrons. The van der Waals surface area contributed by atoms with Crippen LogP contribution in [0.15, 0.2) is 73.1 Å². The van der Waals surface area contributed by atoms with Gasteiger partial charge in [-0.2, -0.15) is 0 Å². The number of hydrogen-bond acceptors (Lipinski definition) is 3. The number of hydrogen-bond donors (Lipinski definition) is 1. The number of pyridine rings is 1. The van der Waals surface area contributed by atoms with Crippen LogP contribution in [0.5, 0.6) is 5.75 Å². The Bertz CT molecular complexity index is 1150. The van der Waals surface area contributed by atoms with E-state index in [9.17, 15) is 4.79 Å². The fourth-order valence-corrected chi connectivity index (χ4v) is 3.25. The molecule has 4 rings (SSSR count). The number of amides is 1. The molecular formula is C24H23N3O2. The lowest BCUT2D eigenvalue weighted by molar-refractivity contribution is -0.116. The number of aryl methyl sites for hydroxylation is 2. The van der Waals surface area contributed by atoms with Gasteiger partial charge in [0.15, 0.2) is 0 Å². The predicted octanol–water partition coefficient (Wildman–Crippen LogP) is 4.89. The Labute approximate surface area is 170 Å². The van der Waals surface area contributed by atoms with Crippen LogP contribution in [-0.4, -0.2) is 22.4 Å². The monoisotopic (exact) mass is 385 g/mol. The highest BCUT2D eigenvalue weighted by atomic mass is 16.5. The summed E-state index contributed by atoms with van der Waals surface area (Å²) in [6.07, 6.45) is 5.11. The molecule has 0 aliphatic rings. The van der Waals surface area contributed by atoms with Crippen molar-refractivity contribution in [3.63, 3.8) is 0 Å². The molecule has 1 amide bonds. The van der Waals surface area contributed by atoms with Gasteiger partial charge in [-0.1, -0.05) is 24.3 Å². The minimum atomic E-state index is -0.0106. The third kappa shape index (κ3) is 4.46. The van der Waals surface area contributed by atoms with E-state index in [4.69, 9.17) is 9.72 Å². The van der Waals surface area contributed by atoms with Gasteiger partial charge in [-0.25, -0.2) is 4.98 Å². The van der Waals surface area contributed by atoms with Gasteiger partial charge < -0.3 is 14.5 Å². The van der Waals surface area contributed by atoms with Crippen LogP contribution in [0, 0.1) is 6.92 Å². The molecule has 4 aromatic rings. The van der Waals surface area contributed by atoms with Gasteiger partial charge in [0.05, 0.1) is 12.8 Å². The number of nitrogens with zero attached hydrogens (tertiary/aromatic N) is 2. The second-order valence-corrected chi connectivity index (χ2v) is 7.07. The van der Waals surface area contributed by atoms with Crippen LogP contribution in [0.25, 0.3) is 16.9 Å². The Morgan fingerprint density at radius 2 is 1.93 bits per heavy atom. The van der Waals surface area contributed by atoms with Gasteiger partial charge in [0.1, 0.15) is 11.4 Å². The highest BCUT2D eigenvalue weighted by Gasteiger charge is 2.08. The highest BCUT2D eigenvalue weighted by molar-refractivity contribution is 5.91. The molecule has 2 heterocycles. The zero-order chi connectivity index (χ0) is 20.2. The van der Waals surface area contributed by atoms with E-state index in [1.807, 2.05) is 71.4 Å². The number of benzene rings is 2. The predicted molar refractivity (Wildman–Crippen MR) is 115 cm³/mol. The van der Waals surface area contributed by atoms with Gasteiger partial charge in [0.2, 0.25) is 5.91 Å². The molecule has 0 saturated heterocycles. The number of methoxy groups -OCH3 is 1. The van der Waals surface area contributed by atoms with Crippen LogP contribution in [0.3, 0.4) is 0 Å². The molecule has 2 aromatic heterocycles. The van der Waals surface area contributed by atoms with Gasteiger partial charge in [0.25, 0.3) is 0 Å². The van der Waals surface area contributed by atoms with Crippen molar-refractivity contribution in [2.45, 2.75) is 19.8 Å². The van der Waals surface area contributed by atoms with Crippen molar-refractivity contribution in [2.75, 3.05) is 12.4 Å². The first-order chi connectivity index (χ1) is 14.1.